The minimum atomic E-state index is -1.22. The number of H-pyrrole nitrogens is 2. The molecule has 6 atom stereocenters. The van der Waals surface area contributed by atoms with Crippen LogP contribution < -0.4 is 10.6 Å². The number of methoxy groups -OCH3 is 1. The highest BCUT2D eigenvalue weighted by Crippen LogP contribution is 2.38. The van der Waals surface area contributed by atoms with Crippen molar-refractivity contribution < 1.29 is 29.0 Å². The number of carboxylic acid groups (broad SMARTS) is 1. The normalized spacial score (nSPS) is 20.8. The first-order valence-electron chi connectivity index (χ1n) is 19.1. The van der Waals surface area contributed by atoms with Crippen LogP contribution in [-0.2, 0) is 14.3 Å². The minimum Gasteiger partial charge on any atom is -0.465 e. The van der Waals surface area contributed by atoms with Crippen molar-refractivity contribution in [2.75, 3.05) is 7.11 Å². The first-order chi connectivity index (χ1) is 26.3. The van der Waals surface area contributed by atoms with Gasteiger partial charge in [-0.25, -0.2) is 19.6 Å². The van der Waals surface area contributed by atoms with Gasteiger partial charge in [-0.2, -0.15) is 0 Å². The Kier molecular flexibility index (Phi) is 11.6. The summed E-state index contributed by atoms with van der Waals surface area (Å²) >= 11 is 0. The zero-order chi connectivity index (χ0) is 39.6. The number of hydrogen-bond donors (Lipinski definition) is 5. The Hall–Kier alpha value is -5.66. The second kappa shape index (κ2) is 16.4. The molecular formula is C41H52N8O6. The Morgan fingerprint density at radius 2 is 1.05 bits per heavy atom. The minimum absolute atomic E-state index is 0.00282. The van der Waals surface area contributed by atoms with Gasteiger partial charge in [-0.3, -0.25) is 9.59 Å². The van der Waals surface area contributed by atoms with Crippen molar-refractivity contribution in [3.8, 4) is 33.6 Å². The molecule has 4 amide bonds. The summed E-state index contributed by atoms with van der Waals surface area (Å²) in [6.07, 6.45) is 5.00. The molecule has 2 aliphatic heterocycles. The van der Waals surface area contributed by atoms with Crippen molar-refractivity contribution in [3.05, 3.63) is 72.6 Å². The topological polar surface area (TPSA) is 186 Å². The van der Waals surface area contributed by atoms with E-state index < -0.39 is 24.3 Å². The molecule has 0 radical (unpaired) electrons. The number of ether oxygens (including phenoxy) is 1. The van der Waals surface area contributed by atoms with E-state index in [1.807, 2.05) is 83.1 Å². The summed E-state index contributed by atoms with van der Waals surface area (Å²) in [7, 11) is 1.29. The van der Waals surface area contributed by atoms with Crippen LogP contribution in [0.4, 0.5) is 9.59 Å². The SMILES string of the molecule is COC(=O)N[C@@H](C(=O)N1[C@@H](C)CC[C@H]1c1nc(-c2ccc(-c3ccc(-c4c[nH]c([C@@H]5CC[C@H](C)N5C(=O)[C@H](NC(=O)O)C(C)C)n4)cc3)cc2)c[nH]1)C(C)C. The van der Waals surface area contributed by atoms with E-state index in [1.165, 1.54) is 7.11 Å². The predicted octanol–water partition coefficient (Wildman–Crippen LogP) is 6.91. The summed E-state index contributed by atoms with van der Waals surface area (Å²) < 4.78 is 4.77. The number of alkyl carbamates (subject to hydrolysis) is 1. The van der Waals surface area contributed by atoms with Crippen LogP contribution in [0.2, 0.25) is 0 Å². The highest BCUT2D eigenvalue weighted by Gasteiger charge is 2.42. The van der Waals surface area contributed by atoms with Gasteiger partial charge in [0.1, 0.15) is 23.7 Å². The number of likely N-dealkylation sites (tertiary alicyclic amines) is 2. The number of amides is 4. The van der Waals surface area contributed by atoms with E-state index in [-0.39, 0.29) is 47.8 Å². The van der Waals surface area contributed by atoms with Gasteiger partial charge in [-0.05, 0) is 62.5 Å². The third-order valence-corrected chi connectivity index (χ3v) is 11.0. The van der Waals surface area contributed by atoms with E-state index >= 15 is 0 Å². The molecule has 2 fully saturated rings. The van der Waals surface area contributed by atoms with Gasteiger partial charge in [0.05, 0.1) is 30.6 Å². The molecule has 6 rings (SSSR count). The Labute approximate surface area is 321 Å². The number of imidazole rings is 2. The fourth-order valence-corrected chi connectivity index (χ4v) is 7.89. The van der Waals surface area contributed by atoms with Gasteiger partial charge in [0.25, 0.3) is 0 Å². The standard InChI is InChI=1S/C41H52N8O6/c1-22(2)34(46-40(52)53)38(50)48-24(5)8-18-32(48)36-42-20-30(44-36)28-14-10-26(11-15-28)27-12-16-29(17-13-27)31-21-43-37(45-31)33-19-9-25(6)49(33)39(51)35(23(3)4)47-41(54)55-7/h10-17,20-25,32-35,46H,8-9,18-19H2,1-7H3,(H,42,44)(H,43,45)(H,47,54)(H,52,53)/t24-,25-,32-,33-,34+,35+/m0/s1. The lowest BCUT2D eigenvalue weighted by atomic mass is 10.0. The maximum atomic E-state index is 13.7. The van der Waals surface area contributed by atoms with Crippen molar-refractivity contribution in [2.24, 2.45) is 11.8 Å². The smallest absolute Gasteiger partial charge is 0.407 e. The lowest BCUT2D eigenvalue weighted by molar-refractivity contribution is -0.138. The molecule has 2 aliphatic rings. The number of hydrogen-bond acceptors (Lipinski definition) is 7. The Morgan fingerprint density at radius 1 is 0.673 bits per heavy atom. The van der Waals surface area contributed by atoms with Crippen molar-refractivity contribution in [3.63, 3.8) is 0 Å². The largest absolute Gasteiger partial charge is 0.465 e. The highest BCUT2D eigenvalue weighted by molar-refractivity contribution is 5.87. The van der Waals surface area contributed by atoms with Gasteiger partial charge in [-0.15, -0.1) is 0 Å². The molecule has 14 heteroatoms. The second-order valence-corrected chi connectivity index (χ2v) is 15.4. The number of carbonyl (C=O) groups is 4. The average molecular weight is 753 g/mol. The lowest BCUT2D eigenvalue weighted by Crippen LogP contribution is -2.52. The van der Waals surface area contributed by atoms with Crippen LogP contribution in [0.15, 0.2) is 60.9 Å². The van der Waals surface area contributed by atoms with Crippen LogP contribution >= 0.6 is 0 Å². The fourth-order valence-electron chi connectivity index (χ4n) is 7.89. The van der Waals surface area contributed by atoms with E-state index in [0.29, 0.717) is 11.6 Å². The molecule has 0 unspecified atom stereocenters. The van der Waals surface area contributed by atoms with E-state index in [4.69, 9.17) is 14.7 Å². The van der Waals surface area contributed by atoms with E-state index in [9.17, 15) is 24.3 Å². The van der Waals surface area contributed by atoms with Crippen molar-refractivity contribution in [1.29, 1.82) is 0 Å². The first kappa shape index (κ1) is 39.0. The second-order valence-electron chi connectivity index (χ2n) is 15.4. The molecule has 0 spiro atoms. The first-order valence-corrected chi connectivity index (χ1v) is 19.1. The molecule has 0 bridgehead atoms. The zero-order valence-electron chi connectivity index (χ0n) is 32.5. The fraction of sp³-hybridized carbons (Fsp3) is 0.463. The highest BCUT2D eigenvalue weighted by atomic mass is 16.5. The number of nitrogens with one attached hydrogen (secondary N) is 4. The van der Waals surface area contributed by atoms with Crippen LogP contribution in [0.1, 0.15) is 91.0 Å². The Bertz CT molecular complexity index is 1990. The van der Waals surface area contributed by atoms with Gasteiger partial charge < -0.3 is 40.2 Å². The Balaban J connectivity index is 1.13. The molecule has 2 aromatic heterocycles. The molecule has 2 saturated heterocycles. The summed E-state index contributed by atoms with van der Waals surface area (Å²) in [5.41, 5.74) is 5.49. The molecule has 4 aromatic rings. The quantitative estimate of drug-likeness (QED) is 0.109. The Morgan fingerprint density at radius 3 is 1.42 bits per heavy atom. The lowest BCUT2D eigenvalue weighted by Gasteiger charge is -2.32. The van der Waals surface area contributed by atoms with Gasteiger partial charge >= 0.3 is 12.2 Å². The number of nitrogens with zero attached hydrogens (tertiary/aromatic N) is 4. The summed E-state index contributed by atoms with van der Waals surface area (Å²) in [5.74, 6) is 0.698. The van der Waals surface area contributed by atoms with E-state index in [1.54, 1.807) is 4.90 Å². The molecular weight excluding hydrogens is 701 g/mol. The summed E-state index contributed by atoms with van der Waals surface area (Å²) in [5, 5.41) is 14.5. The molecule has 5 N–H and O–H groups in total. The maximum absolute atomic E-state index is 13.7. The molecule has 0 saturated carbocycles. The van der Waals surface area contributed by atoms with E-state index in [2.05, 4.69) is 44.9 Å². The summed E-state index contributed by atoms with van der Waals surface area (Å²) in [6.45, 7) is 11.5. The van der Waals surface area contributed by atoms with Crippen LogP contribution in [-0.4, -0.2) is 90.1 Å². The van der Waals surface area contributed by atoms with Crippen molar-refractivity contribution in [2.45, 2.75) is 103 Å². The third kappa shape index (κ3) is 8.23. The number of aromatic nitrogens is 4. The monoisotopic (exact) mass is 752 g/mol. The molecule has 14 nitrogen and oxygen atoms in total. The molecule has 2 aromatic carbocycles. The van der Waals surface area contributed by atoms with Crippen LogP contribution in [0.5, 0.6) is 0 Å². The van der Waals surface area contributed by atoms with E-state index in [0.717, 1.165) is 59.3 Å². The van der Waals surface area contributed by atoms with Gasteiger partial charge in [0.2, 0.25) is 11.8 Å². The van der Waals surface area contributed by atoms with Crippen molar-refractivity contribution in [1.82, 2.24) is 40.4 Å². The van der Waals surface area contributed by atoms with Crippen LogP contribution in [0, 0.1) is 11.8 Å². The maximum Gasteiger partial charge on any atom is 0.407 e. The third-order valence-electron chi connectivity index (χ3n) is 11.0. The summed E-state index contributed by atoms with van der Waals surface area (Å²) in [6, 6.07) is 14.2. The average Bonchev–Trinajstić information content (AvgIpc) is 3.99. The number of aromatic amines is 2. The van der Waals surface area contributed by atoms with Gasteiger partial charge in [0, 0.05) is 35.6 Å². The van der Waals surface area contributed by atoms with Crippen molar-refractivity contribution >= 4 is 24.0 Å². The summed E-state index contributed by atoms with van der Waals surface area (Å²) in [4.78, 5) is 70.7. The number of rotatable bonds is 11. The number of benzene rings is 2. The zero-order valence-corrected chi connectivity index (χ0v) is 32.5. The molecule has 55 heavy (non-hydrogen) atoms. The molecule has 292 valence electrons. The van der Waals surface area contributed by atoms with Gasteiger partial charge in [-0.1, -0.05) is 76.2 Å². The predicted molar refractivity (Wildman–Crippen MR) is 208 cm³/mol. The van der Waals surface area contributed by atoms with Gasteiger partial charge in [0.15, 0.2) is 0 Å². The molecule has 4 heterocycles. The van der Waals surface area contributed by atoms with Crippen LogP contribution in [0.3, 0.4) is 0 Å². The number of carbonyl (C=O) groups excluding carboxylic acids is 3. The van der Waals surface area contributed by atoms with Crippen LogP contribution in [0.25, 0.3) is 33.6 Å². The molecule has 0 aliphatic carbocycles.